The van der Waals surface area contributed by atoms with E-state index in [0.29, 0.717) is 0 Å². The minimum Gasteiger partial charge on any atom is -0.311 e. The number of hydrogen-bond acceptors (Lipinski definition) is 5. The molecule has 0 aliphatic rings. The lowest BCUT2D eigenvalue weighted by molar-refractivity contribution is 0.690. The van der Waals surface area contributed by atoms with E-state index in [1.54, 1.807) is 22.7 Å². The molecule has 0 fully saturated rings. The Kier molecular flexibility index (Phi) is 4.04. The molecule has 0 spiro atoms. The van der Waals surface area contributed by atoms with Gasteiger partial charge in [0, 0.05) is 35.5 Å². The van der Waals surface area contributed by atoms with Crippen LogP contribution in [0.4, 0.5) is 0 Å². The van der Waals surface area contributed by atoms with E-state index in [1.807, 2.05) is 11.7 Å². The summed E-state index contributed by atoms with van der Waals surface area (Å²) < 4.78 is 0. The molecule has 0 radical (unpaired) electrons. The summed E-state index contributed by atoms with van der Waals surface area (Å²) in [7, 11) is 0. The summed E-state index contributed by atoms with van der Waals surface area (Å²) in [6.07, 6.45) is 2.92. The maximum atomic E-state index is 4.51. The van der Waals surface area contributed by atoms with Crippen LogP contribution in [0.15, 0.2) is 11.7 Å². The highest BCUT2D eigenvalue weighted by Gasteiger charge is 2.02. The molecule has 3 nitrogen and oxygen atoms in total. The molecule has 0 amide bonds. The molecule has 2 aromatic heterocycles. The third kappa shape index (κ3) is 3.10. The Balaban J connectivity index is 1.72. The van der Waals surface area contributed by atoms with Crippen LogP contribution in [0.3, 0.4) is 0 Å². The summed E-state index contributed by atoms with van der Waals surface area (Å²) in [6, 6.07) is 0. The molecule has 0 unspecified atom stereocenters. The van der Waals surface area contributed by atoms with Gasteiger partial charge < -0.3 is 5.32 Å². The van der Waals surface area contributed by atoms with Crippen molar-refractivity contribution in [1.29, 1.82) is 0 Å². The number of aryl methyl sites for hydroxylation is 2. The fraction of sp³-hybridized carbons (Fsp3) is 0.455. The molecule has 2 rings (SSSR count). The van der Waals surface area contributed by atoms with Gasteiger partial charge in [0.2, 0.25) is 0 Å². The highest BCUT2D eigenvalue weighted by molar-refractivity contribution is 7.11. The minimum absolute atomic E-state index is 0.911. The minimum atomic E-state index is 0.911. The van der Waals surface area contributed by atoms with E-state index >= 15 is 0 Å². The van der Waals surface area contributed by atoms with Crippen LogP contribution >= 0.6 is 22.7 Å². The van der Waals surface area contributed by atoms with Crippen molar-refractivity contribution in [1.82, 2.24) is 15.3 Å². The molecule has 86 valence electrons. The van der Waals surface area contributed by atoms with E-state index in [9.17, 15) is 0 Å². The maximum absolute atomic E-state index is 4.51. The quantitative estimate of drug-likeness (QED) is 0.832. The number of rotatable bonds is 5. The van der Waals surface area contributed by atoms with Gasteiger partial charge in [-0.2, -0.15) is 0 Å². The maximum Gasteiger partial charge on any atom is 0.0943 e. The second-order valence-electron chi connectivity index (χ2n) is 3.64. The first kappa shape index (κ1) is 11.7. The van der Waals surface area contributed by atoms with Crippen molar-refractivity contribution in [3.05, 3.63) is 32.2 Å². The van der Waals surface area contributed by atoms with Gasteiger partial charge in [0.25, 0.3) is 0 Å². The molecule has 2 aromatic rings. The fourth-order valence-corrected chi connectivity index (χ4v) is 2.88. The van der Waals surface area contributed by atoms with Gasteiger partial charge in [0.05, 0.1) is 16.2 Å². The third-order valence-electron chi connectivity index (χ3n) is 2.37. The van der Waals surface area contributed by atoms with Crippen molar-refractivity contribution in [2.45, 2.75) is 26.8 Å². The molecule has 5 heteroatoms. The van der Waals surface area contributed by atoms with Gasteiger partial charge in [-0.15, -0.1) is 22.7 Å². The number of nitrogens with one attached hydrogen (secondary N) is 1. The van der Waals surface area contributed by atoms with Gasteiger partial charge in [0.15, 0.2) is 0 Å². The molecule has 16 heavy (non-hydrogen) atoms. The van der Waals surface area contributed by atoms with E-state index < -0.39 is 0 Å². The number of nitrogens with zero attached hydrogens (tertiary/aromatic N) is 2. The lowest BCUT2D eigenvalue weighted by atomic mass is 10.4. The van der Waals surface area contributed by atoms with Crippen molar-refractivity contribution >= 4 is 22.7 Å². The van der Waals surface area contributed by atoms with Crippen LogP contribution in [0.2, 0.25) is 0 Å². The van der Waals surface area contributed by atoms with Gasteiger partial charge in [-0.25, -0.2) is 4.98 Å². The zero-order chi connectivity index (χ0) is 11.4. The summed E-state index contributed by atoms with van der Waals surface area (Å²) in [5, 5.41) is 4.63. The molecular weight excluding hydrogens is 238 g/mol. The first-order chi connectivity index (χ1) is 7.75. The molecule has 1 N–H and O–H groups in total. The van der Waals surface area contributed by atoms with Gasteiger partial charge in [-0.1, -0.05) is 0 Å². The van der Waals surface area contributed by atoms with Crippen LogP contribution in [0.25, 0.3) is 0 Å². The van der Waals surface area contributed by atoms with Crippen LogP contribution in [-0.4, -0.2) is 16.5 Å². The second-order valence-corrected chi connectivity index (χ2v) is 5.90. The van der Waals surface area contributed by atoms with Gasteiger partial charge in [-0.05, 0) is 13.8 Å². The van der Waals surface area contributed by atoms with E-state index in [4.69, 9.17) is 0 Å². The third-order valence-corrected chi connectivity index (χ3v) is 4.28. The van der Waals surface area contributed by atoms with Crippen molar-refractivity contribution < 1.29 is 0 Å². The average molecular weight is 253 g/mol. The predicted octanol–water partition coefficient (Wildman–Crippen LogP) is 2.55. The Hall–Kier alpha value is -0.780. The number of aromatic nitrogens is 2. The molecule has 0 aliphatic heterocycles. The molecular formula is C11H15N3S2. The van der Waals surface area contributed by atoms with Crippen molar-refractivity contribution in [2.24, 2.45) is 0 Å². The van der Waals surface area contributed by atoms with E-state index in [0.717, 1.165) is 19.5 Å². The first-order valence-electron chi connectivity index (χ1n) is 5.26. The highest BCUT2D eigenvalue weighted by Crippen LogP contribution is 2.16. The molecule has 0 aliphatic carbocycles. The smallest absolute Gasteiger partial charge is 0.0943 e. The van der Waals surface area contributed by atoms with Gasteiger partial charge in [0.1, 0.15) is 0 Å². The summed E-state index contributed by atoms with van der Waals surface area (Å²) in [5.74, 6) is 0. The van der Waals surface area contributed by atoms with E-state index in [-0.39, 0.29) is 0 Å². The lowest BCUT2D eigenvalue weighted by Crippen LogP contribution is -2.15. The topological polar surface area (TPSA) is 37.8 Å². The number of hydrogen-bond donors (Lipinski definition) is 1. The Bertz CT molecular complexity index is 415. The normalized spacial score (nSPS) is 10.9. The molecule has 0 saturated heterocycles. The summed E-state index contributed by atoms with van der Waals surface area (Å²) in [4.78, 5) is 11.2. The van der Waals surface area contributed by atoms with E-state index in [1.165, 1.54) is 20.5 Å². The summed E-state index contributed by atoms with van der Waals surface area (Å²) in [5.41, 5.74) is 3.03. The lowest BCUT2D eigenvalue weighted by Gasteiger charge is -1.99. The van der Waals surface area contributed by atoms with Crippen molar-refractivity contribution in [3.63, 3.8) is 0 Å². The zero-order valence-electron chi connectivity index (χ0n) is 9.49. The monoisotopic (exact) mass is 253 g/mol. The summed E-state index contributed by atoms with van der Waals surface area (Å²) >= 11 is 3.49. The predicted molar refractivity (Wildman–Crippen MR) is 69.1 cm³/mol. The van der Waals surface area contributed by atoms with Crippen LogP contribution in [0.1, 0.15) is 20.5 Å². The van der Waals surface area contributed by atoms with Crippen LogP contribution < -0.4 is 5.32 Å². The van der Waals surface area contributed by atoms with Gasteiger partial charge in [-0.3, -0.25) is 4.98 Å². The molecule has 2 heterocycles. The Morgan fingerprint density at radius 1 is 1.38 bits per heavy atom. The standard InChI is InChI=1S/C11H15N3S2/c1-8-9(2)16-11(14-8)3-4-12-5-10-6-13-7-15-10/h6-7,12H,3-5H2,1-2H3. The van der Waals surface area contributed by atoms with Crippen LogP contribution in [-0.2, 0) is 13.0 Å². The largest absolute Gasteiger partial charge is 0.311 e. The Morgan fingerprint density at radius 3 is 2.88 bits per heavy atom. The zero-order valence-corrected chi connectivity index (χ0v) is 11.1. The SMILES string of the molecule is Cc1nc(CCNCc2cncs2)sc1C. The van der Waals surface area contributed by atoms with Crippen molar-refractivity contribution in [2.75, 3.05) is 6.54 Å². The van der Waals surface area contributed by atoms with Crippen LogP contribution in [0, 0.1) is 13.8 Å². The Morgan fingerprint density at radius 2 is 2.25 bits per heavy atom. The van der Waals surface area contributed by atoms with Gasteiger partial charge >= 0.3 is 0 Å². The second kappa shape index (κ2) is 5.52. The summed E-state index contributed by atoms with van der Waals surface area (Å²) in [6.45, 7) is 6.08. The van der Waals surface area contributed by atoms with E-state index in [2.05, 4.69) is 29.1 Å². The highest BCUT2D eigenvalue weighted by atomic mass is 32.1. The molecule has 0 saturated carbocycles. The van der Waals surface area contributed by atoms with Crippen molar-refractivity contribution in [3.8, 4) is 0 Å². The molecule has 0 bridgehead atoms. The Labute approximate surface area is 104 Å². The molecule has 0 atom stereocenters. The number of thiazole rings is 2. The first-order valence-corrected chi connectivity index (χ1v) is 6.96. The van der Waals surface area contributed by atoms with Crippen LogP contribution in [0.5, 0.6) is 0 Å². The fourth-order valence-electron chi connectivity index (χ4n) is 1.38. The molecule has 0 aromatic carbocycles. The average Bonchev–Trinajstić information content (AvgIpc) is 2.85.